The van der Waals surface area contributed by atoms with Gasteiger partial charge in [0.1, 0.15) is 0 Å². The molecular weight excluding hydrogens is 214 g/mol. The van der Waals surface area contributed by atoms with Crippen molar-refractivity contribution in [3.8, 4) is 0 Å². The summed E-state index contributed by atoms with van der Waals surface area (Å²) in [6, 6.07) is 10.6. The first-order valence-electron chi connectivity index (χ1n) is 5.52. The maximum atomic E-state index is 2.28. The molecule has 2 rings (SSSR count). The van der Waals surface area contributed by atoms with Crippen molar-refractivity contribution in [2.75, 3.05) is 20.6 Å². The molecule has 1 aromatic carbocycles. The molecule has 1 aromatic rings. The Balaban J connectivity index is 2.00. The van der Waals surface area contributed by atoms with Crippen LogP contribution in [0.5, 0.6) is 0 Å². The Morgan fingerprint density at radius 2 is 1.94 bits per heavy atom. The molecule has 1 aliphatic rings. The van der Waals surface area contributed by atoms with Gasteiger partial charge in [0.25, 0.3) is 0 Å². The van der Waals surface area contributed by atoms with E-state index in [0.29, 0.717) is 5.92 Å². The first kappa shape index (κ1) is 11.5. The molecule has 16 heavy (non-hydrogen) atoms. The summed E-state index contributed by atoms with van der Waals surface area (Å²) in [5.41, 5.74) is 0. The van der Waals surface area contributed by atoms with Crippen LogP contribution in [0.1, 0.15) is 0 Å². The summed E-state index contributed by atoms with van der Waals surface area (Å²) in [6.45, 7) is 1.09. The second-order valence-electron chi connectivity index (χ2n) is 4.24. The van der Waals surface area contributed by atoms with Crippen molar-refractivity contribution in [1.29, 1.82) is 0 Å². The van der Waals surface area contributed by atoms with Gasteiger partial charge in [-0.15, -0.1) is 0 Å². The van der Waals surface area contributed by atoms with Gasteiger partial charge in [0.15, 0.2) is 0 Å². The van der Waals surface area contributed by atoms with Crippen molar-refractivity contribution in [3.05, 3.63) is 53.5 Å². The molecule has 1 aliphatic carbocycles. The highest BCUT2D eigenvalue weighted by Gasteiger charge is 2.16. The zero-order valence-corrected chi connectivity index (χ0v) is 10.6. The number of thioether (sulfide) groups is 1. The van der Waals surface area contributed by atoms with Crippen molar-refractivity contribution in [2.24, 2.45) is 5.92 Å². The molecule has 1 nitrogen and oxygen atoms in total. The van der Waals surface area contributed by atoms with Gasteiger partial charge in [-0.25, -0.2) is 0 Å². The summed E-state index contributed by atoms with van der Waals surface area (Å²) >= 11 is 1.87. The van der Waals surface area contributed by atoms with Crippen molar-refractivity contribution < 1.29 is 0 Å². The smallest absolute Gasteiger partial charge is 0.0212 e. The Bertz CT molecular complexity index is 392. The molecule has 0 N–H and O–H groups in total. The fourth-order valence-electron chi connectivity index (χ4n) is 1.78. The van der Waals surface area contributed by atoms with Crippen molar-refractivity contribution in [2.45, 2.75) is 4.90 Å². The fraction of sp³-hybridized carbons (Fsp3) is 0.286. The molecule has 0 saturated heterocycles. The number of benzene rings is 1. The van der Waals surface area contributed by atoms with E-state index in [1.165, 1.54) is 9.80 Å². The number of hydrogen-bond donors (Lipinski definition) is 0. The predicted octanol–water partition coefficient (Wildman–Crippen LogP) is 3.41. The van der Waals surface area contributed by atoms with Crippen LogP contribution >= 0.6 is 11.8 Å². The fourth-order valence-corrected chi connectivity index (χ4v) is 2.80. The quantitative estimate of drug-likeness (QED) is 0.781. The average molecular weight is 231 g/mol. The molecule has 84 valence electrons. The van der Waals surface area contributed by atoms with Crippen LogP contribution in [-0.4, -0.2) is 25.5 Å². The maximum Gasteiger partial charge on any atom is 0.0212 e. The highest BCUT2D eigenvalue weighted by molar-refractivity contribution is 8.03. The Morgan fingerprint density at radius 3 is 2.62 bits per heavy atom. The molecule has 0 spiro atoms. The highest BCUT2D eigenvalue weighted by Crippen LogP contribution is 2.35. The lowest BCUT2D eigenvalue weighted by Gasteiger charge is -2.18. The van der Waals surface area contributed by atoms with Crippen molar-refractivity contribution in [3.63, 3.8) is 0 Å². The molecule has 1 atom stereocenters. The van der Waals surface area contributed by atoms with Gasteiger partial charge in [0.05, 0.1) is 0 Å². The van der Waals surface area contributed by atoms with E-state index in [2.05, 4.69) is 67.6 Å². The van der Waals surface area contributed by atoms with E-state index in [1.807, 2.05) is 11.8 Å². The molecule has 0 fully saturated rings. The third kappa shape index (κ3) is 3.00. The highest BCUT2D eigenvalue weighted by atomic mass is 32.2. The van der Waals surface area contributed by atoms with Crippen LogP contribution in [0.2, 0.25) is 0 Å². The number of allylic oxidation sites excluding steroid dienone is 2. The van der Waals surface area contributed by atoms with E-state index < -0.39 is 0 Å². The van der Waals surface area contributed by atoms with Gasteiger partial charge >= 0.3 is 0 Å². The Morgan fingerprint density at radius 1 is 1.19 bits per heavy atom. The molecule has 0 saturated carbocycles. The molecule has 0 heterocycles. The zero-order valence-electron chi connectivity index (χ0n) is 9.76. The van der Waals surface area contributed by atoms with Gasteiger partial charge in [-0.2, -0.15) is 0 Å². The van der Waals surface area contributed by atoms with Crippen LogP contribution in [-0.2, 0) is 0 Å². The molecular formula is C14H17NS. The summed E-state index contributed by atoms with van der Waals surface area (Å²) in [4.78, 5) is 5.00. The summed E-state index contributed by atoms with van der Waals surface area (Å²) in [7, 11) is 4.24. The average Bonchev–Trinajstić information content (AvgIpc) is 2.66. The van der Waals surface area contributed by atoms with E-state index in [4.69, 9.17) is 0 Å². The lowest BCUT2D eigenvalue weighted by Crippen LogP contribution is -2.20. The van der Waals surface area contributed by atoms with Crippen LogP contribution in [0.3, 0.4) is 0 Å². The minimum absolute atomic E-state index is 0.556. The SMILES string of the molecule is CN(C)C[C@H]1C=CC=C1Sc1ccccc1. The Hall–Kier alpha value is -0.990. The monoisotopic (exact) mass is 231 g/mol. The normalized spacial score (nSPS) is 19.2. The van der Waals surface area contributed by atoms with Gasteiger partial charge in [-0.05, 0) is 31.1 Å². The van der Waals surface area contributed by atoms with Crippen LogP contribution in [0, 0.1) is 5.92 Å². The molecule has 0 radical (unpaired) electrons. The van der Waals surface area contributed by atoms with E-state index in [1.54, 1.807) is 0 Å². The standard InChI is InChI=1S/C14H17NS/c1-15(2)11-12-7-6-10-14(12)16-13-8-4-3-5-9-13/h3-10,12H,11H2,1-2H3/t12-/m1/s1. The maximum absolute atomic E-state index is 2.28. The lowest BCUT2D eigenvalue weighted by atomic mass is 10.1. The number of rotatable bonds is 4. The van der Waals surface area contributed by atoms with Crippen LogP contribution in [0.4, 0.5) is 0 Å². The van der Waals surface area contributed by atoms with Crippen LogP contribution in [0.15, 0.2) is 58.4 Å². The molecule has 0 bridgehead atoms. The van der Waals surface area contributed by atoms with E-state index >= 15 is 0 Å². The molecule has 0 amide bonds. The predicted molar refractivity (Wildman–Crippen MR) is 71.6 cm³/mol. The zero-order chi connectivity index (χ0) is 11.4. The topological polar surface area (TPSA) is 3.24 Å². The summed E-state index contributed by atoms with van der Waals surface area (Å²) in [5, 5.41) is 0. The van der Waals surface area contributed by atoms with Crippen molar-refractivity contribution >= 4 is 11.8 Å². The summed E-state index contributed by atoms with van der Waals surface area (Å²) in [6.07, 6.45) is 6.68. The third-order valence-electron chi connectivity index (χ3n) is 2.51. The van der Waals surface area contributed by atoms with Gasteiger partial charge in [0.2, 0.25) is 0 Å². The lowest BCUT2D eigenvalue weighted by molar-refractivity contribution is 0.385. The molecule has 2 heteroatoms. The van der Waals surface area contributed by atoms with Gasteiger partial charge in [-0.3, -0.25) is 0 Å². The van der Waals surface area contributed by atoms with E-state index in [9.17, 15) is 0 Å². The second-order valence-corrected chi connectivity index (χ2v) is 5.38. The van der Waals surface area contributed by atoms with E-state index in [0.717, 1.165) is 6.54 Å². The number of nitrogens with zero attached hydrogens (tertiary/aromatic N) is 1. The molecule has 0 unspecified atom stereocenters. The Labute approximate surface area is 102 Å². The van der Waals surface area contributed by atoms with Crippen molar-refractivity contribution in [1.82, 2.24) is 4.90 Å². The van der Waals surface area contributed by atoms with Gasteiger partial charge in [-0.1, -0.05) is 48.2 Å². The van der Waals surface area contributed by atoms with Crippen LogP contribution in [0.25, 0.3) is 0 Å². The van der Waals surface area contributed by atoms with Gasteiger partial charge in [0, 0.05) is 17.4 Å². The largest absolute Gasteiger partial charge is 0.308 e. The first-order chi connectivity index (χ1) is 7.75. The number of hydrogen-bond acceptors (Lipinski definition) is 2. The molecule has 0 aliphatic heterocycles. The summed E-state index contributed by atoms with van der Waals surface area (Å²) < 4.78 is 0. The summed E-state index contributed by atoms with van der Waals surface area (Å²) in [5.74, 6) is 0.556. The van der Waals surface area contributed by atoms with E-state index in [-0.39, 0.29) is 0 Å². The first-order valence-corrected chi connectivity index (χ1v) is 6.33. The molecule has 0 aromatic heterocycles. The van der Waals surface area contributed by atoms with Crippen LogP contribution < -0.4 is 0 Å². The second kappa shape index (κ2) is 5.37. The van der Waals surface area contributed by atoms with Gasteiger partial charge < -0.3 is 4.90 Å². The minimum atomic E-state index is 0.556. The third-order valence-corrected chi connectivity index (χ3v) is 3.69. The Kier molecular flexibility index (Phi) is 3.86. The minimum Gasteiger partial charge on any atom is -0.308 e.